The van der Waals surface area contributed by atoms with Gasteiger partial charge >= 0.3 is 0 Å². The van der Waals surface area contributed by atoms with Crippen LogP contribution < -0.4 is 9.21 Å². The van der Waals surface area contributed by atoms with Gasteiger partial charge in [-0.25, -0.2) is 21.1 Å². The van der Waals surface area contributed by atoms with Gasteiger partial charge in [-0.1, -0.05) is 12.1 Å². The van der Waals surface area contributed by atoms with E-state index >= 15 is 0 Å². The van der Waals surface area contributed by atoms with Crippen LogP contribution in [0.25, 0.3) is 0 Å². The van der Waals surface area contributed by atoms with Gasteiger partial charge in [-0.2, -0.15) is 0 Å². The van der Waals surface area contributed by atoms with Gasteiger partial charge in [0.05, 0.1) is 16.8 Å². The largest absolute Gasteiger partial charge is 0.312 e. The maximum absolute atomic E-state index is 12.9. The molecule has 0 N–H and O–H groups in total. The summed E-state index contributed by atoms with van der Waals surface area (Å²) in [6.45, 7) is 4.50. The van der Waals surface area contributed by atoms with E-state index in [0.717, 1.165) is 21.0 Å². The summed E-state index contributed by atoms with van der Waals surface area (Å²) in [4.78, 5) is 14.8. The molecule has 1 aliphatic heterocycles. The van der Waals surface area contributed by atoms with E-state index in [1.165, 1.54) is 30.7 Å². The highest BCUT2D eigenvalue weighted by molar-refractivity contribution is 7.92. The number of hydrogen-bond donors (Lipinski definition) is 0. The van der Waals surface area contributed by atoms with Crippen LogP contribution in [-0.2, 0) is 31.3 Å². The number of hydrogen-bond acceptors (Lipinski definition) is 5. The number of aryl methyl sites for hydroxylation is 1. The Balaban J connectivity index is 1.71. The number of carbonyl (C=O) groups excluding carboxylic acids is 1. The van der Waals surface area contributed by atoms with E-state index in [1.54, 1.807) is 23.1 Å². The molecule has 0 bridgehead atoms. The van der Waals surface area contributed by atoms with Gasteiger partial charge in [0.2, 0.25) is 26.0 Å². The standard InChI is InChI=1S/C23H31N3O5S2/c1-17-8-6-9-21(18(17)2)26(32(5,28)29)14-7-10-23(27)25-15-13-19-16-20(11-12-22(19)25)33(30,31)24(3)4/h6,8-9,11-12,16H,7,10,13-15H2,1-5H3. The molecule has 0 saturated carbocycles. The van der Waals surface area contributed by atoms with E-state index in [-0.39, 0.29) is 23.8 Å². The normalized spacial score (nSPS) is 13.9. The second kappa shape index (κ2) is 9.44. The second-order valence-corrected chi connectivity index (χ2v) is 12.6. The molecule has 2 aromatic carbocycles. The molecule has 1 heterocycles. The molecular formula is C23H31N3O5S2. The maximum Gasteiger partial charge on any atom is 0.242 e. The van der Waals surface area contributed by atoms with E-state index < -0.39 is 20.0 Å². The first-order chi connectivity index (χ1) is 15.3. The number of fused-ring (bicyclic) bond motifs is 1. The molecule has 0 atom stereocenters. The Kier molecular flexibility index (Phi) is 7.21. The zero-order valence-corrected chi connectivity index (χ0v) is 21.3. The monoisotopic (exact) mass is 493 g/mol. The Morgan fingerprint density at radius 2 is 1.76 bits per heavy atom. The van der Waals surface area contributed by atoms with Crippen LogP contribution in [0.3, 0.4) is 0 Å². The Labute approximate surface area is 196 Å². The Morgan fingerprint density at radius 1 is 1.06 bits per heavy atom. The maximum atomic E-state index is 12.9. The predicted molar refractivity (Wildman–Crippen MR) is 131 cm³/mol. The molecule has 0 spiro atoms. The van der Waals surface area contributed by atoms with Crippen LogP contribution in [0.2, 0.25) is 0 Å². The average molecular weight is 494 g/mol. The van der Waals surface area contributed by atoms with Gasteiger partial charge in [-0.15, -0.1) is 0 Å². The summed E-state index contributed by atoms with van der Waals surface area (Å²) in [6, 6.07) is 10.4. The van der Waals surface area contributed by atoms with Crippen LogP contribution in [0.5, 0.6) is 0 Å². The highest BCUT2D eigenvalue weighted by Gasteiger charge is 2.28. The number of anilines is 2. The molecule has 0 radical (unpaired) electrons. The lowest BCUT2D eigenvalue weighted by molar-refractivity contribution is -0.118. The van der Waals surface area contributed by atoms with Gasteiger partial charge in [-0.3, -0.25) is 9.10 Å². The minimum absolute atomic E-state index is 0.105. The van der Waals surface area contributed by atoms with Crippen molar-refractivity contribution in [2.24, 2.45) is 0 Å². The molecule has 2 aromatic rings. The van der Waals surface area contributed by atoms with E-state index in [1.807, 2.05) is 26.0 Å². The Bertz CT molecular complexity index is 1270. The smallest absolute Gasteiger partial charge is 0.242 e. The van der Waals surface area contributed by atoms with E-state index in [2.05, 4.69) is 0 Å². The fourth-order valence-electron chi connectivity index (χ4n) is 3.99. The van der Waals surface area contributed by atoms with Gasteiger partial charge in [0, 0.05) is 39.3 Å². The van der Waals surface area contributed by atoms with Crippen molar-refractivity contribution in [2.45, 2.75) is 38.0 Å². The lowest BCUT2D eigenvalue weighted by Gasteiger charge is -2.25. The third-order valence-electron chi connectivity index (χ3n) is 6.02. The van der Waals surface area contributed by atoms with Crippen LogP contribution in [0, 0.1) is 13.8 Å². The molecule has 0 unspecified atom stereocenters. The molecule has 33 heavy (non-hydrogen) atoms. The van der Waals surface area contributed by atoms with Crippen molar-refractivity contribution in [1.29, 1.82) is 0 Å². The predicted octanol–water partition coefficient (Wildman–Crippen LogP) is 2.69. The molecule has 0 aromatic heterocycles. The van der Waals surface area contributed by atoms with E-state index in [4.69, 9.17) is 0 Å². The van der Waals surface area contributed by atoms with Crippen LogP contribution in [0.1, 0.15) is 29.5 Å². The number of sulfonamides is 2. The molecule has 0 saturated heterocycles. The second-order valence-electron chi connectivity index (χ2n) is 8.53. The first-order valence-electron chi connectivity index (χ1n) is 10.7. The van der Waals surface area contributed by atoms with E-state index in [0.29, 0.717) is 30.8 Å². The summed E-state index contributed by atoms with van der Waals surface area (Å²) in [7, 11) is -4.08. The molecule has 0 fully saturated rings. The lowest BCUT2D eigenvalue weighted by atomic mass is 10.1. The topological polar surface area (TPSA) is 95.1 Å². The third-order valence-corrected chi connectivity index (χ3v) is 9.01. The molecule has 10 heteroatoms. The molecule has 8 nitrogen and oxygen atoms in total. The summed E-state index contributed by atoms with van der Waals surface area (Å²) >= 11 is 0. The minimum Gasteiger partial charge on any atom is -0.312 e. The minimum atomic E-state index is -3.54. The third kappa shape index (κ3) is 5.23. The van der Waals surface area contributed by atoms with Crippen LogP contribution in [0.15, 0.2) is 41.3 Å². The summed E-state index contributed by atoms with van der Waals surface area (Å²) < 4.78 is 52.2. The molecule has 180 valence electrons. The quantitative estimate of drug-likeness (QED) is 0.564. The number of benzene rings is 2. The highest BCUT2D eigenvalue weighted by Crippen LogP contribution is 2.32. The summed E-state index contributed by atoms with van der Waals surface area (Å²) in [6.07, 6.45) is 2.31. The van der Waals surface area contributed by atoms with E-state index in [9.17, 15) is 21.6 Å². The zero-order valence-electron chi connectivity index (χ0n) is 19.7. The highest BCUT2D eigenvalue weighted by atomic mass is 32.2. The fraction of sp³-hybridized carbons (Fsp3) is 0.435. The van der Waals surface area contributed by atoms with Crippen LogP contribution >= 0.6 is 0 Å². The Hall–Kier alpha value is -2.43. The lowest BCUT2D eigenvalue weighted by Crippen LogP contribution is -2.33. The van der Waals surface area contributed by atoms with Crippen LogP contribution in [0.4, 0.5) is 11.4 Å². The number of carbonyl (C=O) groups is 1. The molecule has 1 amide bonds. The van der Waals surface area contributed by atoms with Gasteiger partial charge in [-0.05, 0) is 67.6 Å². The van der Waals surface area contributed by atoms with Gasteiger partial charge in [0.25, 0.3) is 0 Å². The molecule has 3 rings (SSSR count). The SMILES string of the molecule is Cc1cccc(N(CCCC(=O)N2CCc3cc(S(=O)(=O)N(C)C)ccc32)S(C)(=O)=O)c1C. The first kappa shape index (κ1) is 25.2. The molecule has 1 aliphatic rings. The van der Waals surface area contributed by atoms with Gasteiger partial charge in [0.15, 0.2) is 0 Å². The summed E-state index contributed by atoms with van der Waals surface area (Å²) in [5.41, 5.74) is 4.06. The van der Waals surface area contributed by atoms with Gasteiger partial charge in [0.1, 0.15) is 0 Å². The number of nitrogens with zero attached hydrogens (tertiary/aromatic N) is 3. The number of rotatable bonds is 8. The molecule has 0 aliphatic carbocycles. The van der Waals surface area contributed by atoms with Crippen molar-refractivity contribution in [3.8, 4) is 0 Å². The first-order valence-corrected chi connectivity index (χ1v) is 14.0. The van der Waals surface area contributed by atoms with Crippen molar-refractivity contribution >= 4 is 37.3 Å². The van der Waals surface area contributed by atoms with Gasteiger partial charge < -0.3 is 4.90 Å². The summed E-state index contributed by atoms with van der Waals surface area (Å²) in [5, 5.41) is 0. The van der Waals surface area contributed by atoms with Crippen molar-refractivity contribution in [2.75, 3.05) is 42.6 Å². The van der Waals surface area contributed by atoms with Crippen LogP contribution in [-0.4, -0.2) is 60.5 Å². The summed E-state index contributed by atoms with van der Waals surface area (Å²) in [5.74, 6) is -0.105. The number of amides is 1. The fourth-order valence-corrected chi connectivity index (χ4v) is 5.96. The Morgan fingerprint density at radius 3 is 2.39 bits per heavy atom. The zero-order chi connectivity index (χ0) is 24.6. The molecular weight excluding hydrogens is 462 g/mol. The van der Waals surface area contributed by atoms with Crippen molar-refractivity contribution in [1.82, 2.24) is 4.31 Å². The van der Waals surface area contributed by atoms with Crippen molar-refractivity contribution in [3.63, 3.8) is 0 Å². The van der Waals surface area contributed by atoms with Crippen molar-refractivity contribution < 1.29 is 21.6 Å². The van der Waals surface area contributed by atoms with Crippen molar-refractivity contribution in [3.05, 3.63) is 53.1 Å². The average Bonchev–Trinajstić information content (AvgIpc) is 3.16.